The summed E-state index contributed by atoms with van der Waals surface area (Å²) in [5, 5.41) is 8.05. The van der Waals surface area contributed by atoms with Crippen LogP contribution >= 0.6 is 0 Å². The lowest BCUT2D eigenvalue weighted by atomic mass is 9.88. The molecule has 0 radical (unpaired) electrons. The molecule has 0 amide bonds. The molecule has 0 bridgehead atoms. The summed E-state index contributed by atoms with van der Waals surface area (Å²) in [6, 6.07) is 25.0. The lowest BCUT2D eigenvalue weighted by Crippen LogP contribution is -2.18. The van der Waals surface area contributed by atoms with Crippen molar-refractivity contribution in [2.45, 2.75) is 13.8 Å². The minimum Gasteiger partial charge on any atom is -0.344 e. The van der Waals surface area contributed by atoms with Gasteiger partial charge in [-0.15, -0.1) is 0 Å². The Morgan fingerprint density at radius 2 is 1.40 bits per heavy atom. The third-order valence-corrected chi connectivity index (χ3v) is 6.49. The van der Waals surface area contributed by atoms with Crippen LogP contribution in [-0.2, 0) is 0 Å². The van der Waals surface area contributed by atoms with E-state index in [9.17, 15) is 0 Å². The van der Waals surface area contributed by atoms with E-state index in [2.05, 4.69) is 110 Å². The van der Waals surface area contributed by atoms with Gasteiger partial charge in [0.2, 0.25) is 0 Å². The molecule has 0 aromatic heterocycles. The van der Waals surface area contributed by atoms with Crippen LogP contribution in [0.1, 0.15) is 11.1 Å². The van der Waals surface area contributed by atoms with Crippen molar-refractivity contribution in [2.75, 3.05) is 11.4 Å². The lowest BCUT2D eigenvalue weighted by molar-refractivity contribution is 1.06. The standard InChI is InChI=1S/C29H23N/c1-19-18-27(30-15-4-3-5-16-30)20(2)17-26(19)24-13-11-23-10-9-21-7-6-8-22-12-14-25(24)29(23)28(21)22/h3-15,17-18H,16H2,1-2H3. The number of allylic oxidation sites excluding steroid dienone is 2. The smallest absolute Gasteiger partial charge is 0.0441 e. The summed E-state index contributed by atoms with van der Waals surface area (Å²) in [6.45, 7) is 5.38. The number of anilines is 1. The monoisotopic (exact) mass is 385 g/mol. The highest BCUT2D eigenvalue weighted by Gasteiger charge is 2.15. The van der Waals surface area contributed by atoms with Crippen LogP contribution in [0.2, 0.25) is 0 Å². The van der Waals surface area contributed by atoms with Gasteiger partial charge in [0.25, 0.3) is 0 Å². The van der Waals surface area contributed by atoms with Gasteiger partial charge >= 0.3 is 0 Å². The average Bonchev–Trinajstić information content (AvgIpc) is 2.79. The van der Waals surface area contributed by atoms with E-state index in [1.54, 1.807) is 0 Å². The highest BCUT2D eigenvalue weighted by atomic mass is 15.1. The predicted molar refractivity (Wildman–Crippen MR) is 131 cm³/mol. The minimum atomic E-state index is 0.925. The van der Waals surface area contributed by atoms with E-state index >= 15 is 0 Å². The SMILES string of the molecule is Cc1cc(N2C=CC=CC2)c(C)cc1-c1ccc2ccc3cccc4ccc1c2c34. The van der Waals surface area contributed by atoms with Crippen molar-refractivity contribution >= 4 is 38.0 Å². The van der Waals surface area contributed by atoms with Gasteiger partial charge in [-0.25, -0.2) is 0 Å². The van der Waals surface area contributed by atoms with Gasteiger partial charge in [-0.3, -0.25) is 0 Å². The maximum Gasteiger partial charge on any atom is 0.0441 e. The van der Waals surface area contributed by atoms with Crippen molar-refractivity contribution in [1.29, 1.82) is 0 Å². The summed E-state index contributed by atoms with van der Waals surface area (Å²) in [7, 11) is 0. The molecule has 144 valence electrons. The van der Waals surface area contributed by atoms with Gasteiger partial charge in [0.05, 0.1) is 0 Å². The third-order valence-electron chi connectivity index (χ3n) is 6.49. The number of aryl methyl sites for hydroxylation is 2. The van der Waals surface area contributed by atoms with Gasteiger partial charge in [-0.1, -0.05) is 66.7 Å². The Morgan fingerprint density at radius 3 is 2.17 bits per heavy atom. The van der Waals surface area contributed by atoms with Crippen molar-refractivity contribution in [3.8, 4) is 11.1 Å². The molecule has 1 heterocycles. The Balaban J connectivity index is 1.60. The van der Waals surface area contributed by atoms with Gasteiger partial charge < -0.3 is 4.90 Å². The molecule has 0 spiro atoms. The average molecular weight is 386 g/mol. The summed E-state index contributed by atoms with van der Waals surface area (Å²) in [6.07, 6.45) is 8.58. The van der Waals surface area contributed by atoms with Crippen LogP contribution in [0.4, 0.5) is 5.69 Å². The maximum absolute atomic E-state index is 2.36. The normalized spacial score (nSPS) is 13.9. The second kappa shape index (κ2) is 6.47. The quantitative estimate of drug-likeness (QED) is 0.281. The molecule has 0 N–H and O–H groups in total. The Labute approximate surface area is 176 Å². The first-order chi connectivity index (χ1) is 14.7. The first kappa shape index (κ1) is 17.3. The van der Waals surface area contributed by atoms with E-state index in [1.807, 2.05) is 0 Å². The number of hydrogen-bond acceptors (Lipinski definition) is 1. The molecule has 0 unspecified atom stereocenters. The van der Waals surface area contributed by atoms with Gasteiger partial charge in [-0.2, -0.15) is 0 Å². The molecule has 6 rings (SSSR count). The topological polar surface area (TPSA) is 3.24 Å². The molecular weight excluding hydrogens is 362 g/mol. The molecule has 0 aliphatic carbocycles. The highest BCUT2D eigenvalue weighted by Crippen LogP contribution is 2.41. The van der Waals surface area contributed by atoms with E-state index in [0.717, 1.165) is 6.54 Å². The molecule has 0 saturated carbocycles. The van der Waals surface area contributed by atoms with Crippen LogP contribution in [0.5, 0.6) is 0 Å². The summed E-state index contributed by atoms with van der Waals surface area (Å²) < 4.78 is 0. The van der Waals surface area contributed by atoms with Gasteiger partial charge in [0, 0.05) is 18.4 Å². The van der Waals surface area contributed by atoms with Crippen molar-refractivity contribution in [1.82, 2.24) is 0 Å². The second-order valence-corrected chi connectivity index (χ2v) is 8.34. The van der Waals surface area contributed by atoms with E-state index in [4.69, 9.17) is 0 Å². The van der Waals surface area contributed by atoms with Crippen molar-refractivity contribution in [2.24, 2.45) is 0 Å². The minimum absolute atomic E-state index is 0.925. The Bertz CT molecular complexity index is 1470. The zero-order valence-electron chi connectivity index (χ0n) is 17.3. The second-order valence-electron chi connectivity index (χ2n) is 8.34. The highest BCUT2D eigenvalue weighted by molar-refractivity contribution is 6.25. The maximum atomic E-state index is 2.36. The van der Waals surface area contributed by atoms with Crippen LogP contribution in [0.25, 0.3) is 43.4 Å². The Kier molecular flexibility index (Phi) is 3.73. The molecule has 5 aromatic carbocycles. The molecule has 30 heavy (non-hydrogen) atoms. The fourth-order valence-electron chi connectivity index (χ4n) is 5.02. The van der Waals surface area contributed by atoms with Gasteiger partial charge in [0.1, 0.15) is 0 Å². The predicted octanol–water partition coefficient (Wildman–Crippen LogP) is 7.76. The van der Waals surface area contributed by atoms with Crippen LogP contribution in [0.15, 0.2) is 91.2 Å². The zero-order chi connectivity index (χ0) is 20.2. The van der Waals surface area contributed by atoms with Crippen molar-refractivity contribution in [3.63, 3.8) is 0 Å². The molecule has 0 saturated heterocycles. The lowest BCUT2D eigenvalue weighted by Gasteiger charge is -2.24. The molecule has 5 aromatic rings. The number of benzene rings is 5. The molecule has 1 aliphatic heterocycles. The summed E-state index contributed by atoms with van der Waals surface area (Å²) >= 11 is 0. The van der Waals surface area contributed by atoms with Crippen LogP contribution < -0.4 is 4.90 Å². The molecule has 1 nitrogen and oxygen atoms in total. The van der Waals surface area contributed by atoms with Gasteiger partial charge in [0.15, 0.2) is 0 Å². The first-order valence-electron chi connectivity index (χ1n) is 10.6. The van der Waals surface area contributed by atoms with Crippen molar-refractivity contribution in [3.05, 3.63) is 102 Å². The first-order valence-corrected chi connectivity index (χ1v) is 10.6. The fourth-order valence-corrected chi connectivity index (χ4v) is 5.02. The molecular formula is C29H23N. The summed E-state index contributed by atoms with van der Waals surface area (Å²) in [5.41, 5.74) is 6.55. The molecule has 1 aliphatic rings. The zero-order valence-corrected chi connectivity index (χ0v) is 17.3. The Hall–Kier alpha value is -3.58. The van der Waals surface area contributed by atoms with E-state index in [1.165, 1.54) is 60.3 Å². The molecule has 1 heteroatoms. The Morgan fingerprint density at radius 1 is 0.667 bits per heavy atom. The van der Waals surface area contributed by atoms with Gasteiger partial charge in [-0.05, 0) is 86.6 Å². The third kappa shape index (κ3) is 2.48. The van der Waals surface area contributed by atoms with Crippen LogP contribution in [0, 0.1) is 13.8 Å². The summed E-state index contributed by atoms with van der Waals surface area (Å²) in [4.78, 5) is 2.32. The fraction of sp³-hybridized carbons (Fsp3) is 0.103. The molecule has 0 atom stereocenters. The van der Waals surface area contributed by atoms with Crippen molar-refractivity contribution < 1.29 is 0 Å². The van der Waals surface area contributed by atoms with Crippen LogP contribution in [0.3, 0.4) is 0 Å². The van der Waals surface area contributed by atoms with E-state index in [0.29, 0.717) is 0 Å². The number of nitrogens with zero attached hydrogens (tertiary/aromatic N) is 1. The molecule has 0 fully saturated rings. The summed E-state index contributed by atoms with van der Waals surface area (Å²) in [5.74, 6) is 0. The largest absolute Gasteiger partial charge is 0.344 e. The van der Waals surface area contributed by atoms with E-state index < -0.39 is 0 Å². The van der Waals surface area contributed by atoms with Crippen LogP contribution in [-0.4, -0.2) is 6.54 Å². The number of rotatable bonds is 2. The number of hydrogen-bond donors (Lipinski definition) is 0. The van der Waals surface area contributed by atoms with E-state index in [-0.39, 0.29) is 0 Å².